The summed E-state index contributed by atoms with van der Waals surface area (Å²) in [6, 6.07) is 10.1. The molecule has 0 aliphatic carbocycles. The molecular weight excluding hydrogens is 514 g/mol. The van der Waals surface area contributed by atoms with Crippen molar-refractivity contribution in [2.75, 3.05) is 32.8 Å². The second-order valence-corrected chi connectivity index (χ2v) is 10.1. The van der Waals surface area contributed by atoms with Crippen LogP contribution in [0.3, 0.4) is 0 Å². The van der Waals surface area contributed by atoms with Gasteiger partial charge in [-0.1, -0.05) is 18.2 Å². The molecule has 4 rings (SSSR count). The second kappa shape index (κ2) is 10.5. The number of benzene rings is 2. The molecule has 12 nitrogen and oxygen atoms in total. The molecule has 188 valence electrons. The number of ether oxygens (including phenoxy) is 1. The molecule has 2 aliphatic heterocycles. The van der Waals surface area contributed by atoms with E-state index < -0.39 is 32.7 Å². The standard InChI is InChI=1S/C22H19N3O9S2/c26-20(23-9-11-33-12-10-23)14-24-21(27)19(35-22(24)28)13-15-3-1-2-4-18(15)34-36(31,32)17-7-5-16(6-8-17)25(29)30/h1-8,13H,9-12,14H2/b19-13-. The Morgan fingerprint density at radius 1 is 1.11 bits per heavy atom. The molecule has 0 saturated carbocycles. The number of carbonyl (C=O) groups is 3. The van der Waals surface area contributed by atoms with Gasteiger partial charge < -0.3 is 13.8 Å². The third-order valence-electron chi connectivity index (χ3n) is 5.27. The van der Waals surface area contributed by atoms with Crippen LogP contribution in [0.4, 0.5) is 10.5 Å². The Kier molecular flexibility index (Phi) is 7.37. The molecular formula is C22H19N3O9S2. The van der Waals surface area contributed by atoms with E-state index in [0.29, 0.717) is 38.1 Å². The van der Waals surface area contributed by atoms with Crippen LogP contribution in [-0.4, -0.2) is 73.0 Å². The van der Waals surface area contributed by atoms with E-state index in [0.717, 1.165) is 29.2 Å². The van der Waals surface area contributed by atoms with Crippen molar-refractivity contribution < 1.29 is 36.6 Å². The van der Waals surface area contributed by atoms with Crippen LogP contribution in [0.15, 0.2) is 58.3 Å². The Hall–Kier alpha value is -3.75. The van der Waals surface area contributed by atoms with Crippen LogP contribution in [0.25, 0.3) is 6.08 Å². The number of rotatable bonds is 7. The van der Waals surface area contributed by atoms with Crippen LogP contribution in [0.2, 0.25) is 0 Å². The van der Waals surface area contributed by atoms with E-state index in [-0.39, 0.29) is 32.7 Å². The normalized spacial score (nSPS) is 17.5. The molecule has 3 amide bonds. The maximum absolute atomic E-state index is 12.8. The molecule has 14 heteroatoms. The second-order valence-electron chi connectivity index (χ2n) is 7.59. The minimum Gasteiger partial charge on any atom is -0.378 e. The van der Waals surface area contributed by atoms with Crippen molar-refractivity contribution in [3.05, 3.63) is 69.1 Å². The zero-order chi connectivity index (χ0) is 25.9. The molecule has 36 heavy (non-hydrogen) atoms. The first-order valence-corrected chi connectivity index (χ1v) is 12.8. The number of para-hydroxylation sites is 1. The van der Waals surface area contributed by atoms with Gasteiger partial charge in [0.2, 0.25) is 5.91 Å². The summed E-state index contributed by atoms with van der Waals surface area (Å²) in [4.78, 5) is 50.0. The summed E-state index contributed by atoms with van der Waals surface area (Å²) >= 11 is 0.627. The van der Waals surface area contributed by atoms with Gasteiger partial charge in [0.15, 0.2) is 0 Å². The topological polar surface area (TPSA) is 153 Å². The van der Waals surface area contributed by atoms with Crippen molar-refractivity contribution in [3.8, 4) is 5.75 Å². The van der Waals surface area contributed by atoms with Gasteiger partial charge in [-0.05, 0) is 36.0 Å². The molecule has 0 unspecified atom stereocenters. The average molecular weight is 534 g/mol. The predicted octanol–water partition coefficient (Wildman–Crippen LogP) is 2.26. The molecule has 2 fully saturated rings. The van der Waals surface area contributed by atoms with Crippen LogP contribution in [0, 0.1) is 10.1 Å². The maximum Gasteiger partial charge on any atom is 0.339 e. The van der Waals surface area contributed by atoms with Gasteiger partial charge >= 0.3 is 10.1 Å². The lowest BCUT2D eigenvalue weighted by molar-refractivity contribution is -0.384. The number of nitro groups is 1. The Labute approximate surface area is 209 Å². The van der Waals surface area contributed by atoms with Gasteiger partial charge in [0.25, 0.3) is 16.8 Å². The summed E-state index contributed by atoms with van der Waals surface area (Å²) in [5.74, 6) is -1.17. The highest BCUT2D eigenvalue weighted by molar-refractivity contribution is 8.18. The lowest BCUT2D eigenvalue weighted by Crippen LogP contribution is -2.46. The first-order chi connectivity index (χ1) is 17.2. The number of hydrogen-bond acceptors (Lipinski definition) is 10. The molecule has 0 aromatic heterocycles. The highest BCUT2D eigenvalue weighted by Gasteiger charge is 2.37. The van der Waals surface area contributed by atoms with Gasteiger partial charge in [0, 0.05) is 30.8 Å². The zero-order valence-corrected chi connectivity index (χ0v) is 20.2. The van der Waals surface area contributed by atoms with E-state index in [1.807, 2.05) is 0 Å². The minimum atomic E-state index is -4.36. The van der Waals surface area contributed by atoms with E-state index in [1.165, 1.54) is 29.2 Å². The number of hydrogen-bond donors (Lipinski definition) is 0. The monoisotopic (exact) mass is 533 g/mol. The van der Waals surface area contributed by atoms with Crippen LogP contribution in [0.1, 0.15) is 5.56 Å². The molecule has 0 bridgehead atoms. The number of nitrogens with zero attached hydrogens (tertiary/aromatic N) is 3. The molecule has 2 aromatic rings. The quantitative estimate of drug-likeness (QED) is 0.224. The first-order valence-electron chi connectivity index (χ1n) is 10.5. The van der Waals surface area contributed by atoms with Crippen LogP contribution < -0.4 is 4.18 Å². The van der Waals surface area contributed by atoms with Crippen LogP contribution in [0.5, 0.6) is 5.75 Å². The third-order valence-corrected chi connectivity index (χ3v) is 7.43. The Morgan fingerprint density at radius 3 is 2.44 bits per heavy atom. The molecule has 2 saturated heterocycles. The number of nitro benzene ring substituents is 1. The fourth-order valence-electron chi connectivity index (χ4n) is 3.40. The van der Waals surface area contributed by atoms with Crippen LogP contribution in [-0.2, 0) is 24.4 Å². The van der Waals surface area contributed by atoms with Gasteiger partial charge in [-0.25, -0.2) is 0 Å². The molecule has 2 aromatic carbocycles. The maximum atomic E-state index is 12.8. The lowest BCUT2D eigenvalue weighted by atomic mass is 10.2. The number of imide groups is 1. The Balaban J connectivity index is 1.52. The predicted molar refractivity (Wildman–Crippen MR) is 127 cm³/mol. The fraction of sp³-hybridized carbons (Fsp3) is 0.227. The van der Waals surface area contributed by atoms with Gasteiger partial charge in [-0.15, -0.1) is 0 Å². The van der Waals surface area contributed by atoms with Crippen molar-refractivity contribution in [2.24, 2.45) is 0 Å². The number of carbonyl (C=O) groups excluding carboxylic acids is 3. The number of non-ortho nitro benzene ring substituents is 1. The van der Waals surface area contributed by atoms with Crippen molar-refractivity contribution in [3.63, 3.8) is 0 Å². The van der Waals surface area contributed by atoms with Crippen molar-refractivity contribution >= 4 is 50.7 Å². The highest BCUT2D eigenvalue weighted by atomic mass is 32.2. The van der Waals surface area contributed by atoms with Crippen molar-refractivity contribution in [1.82, 2.24) is 9.80 Å². The Morgan fingerprint density at radius 2 is 1.78 bits per heavy atom. The number of amides is 3. The molecule has 2 heterocycles. The smallest absolute Gasteiger partial charge is 0.339 e. The van der Waals surface area contributed by atoms with Crippen molar-refractivity contribution in [1.29, 1.82) is 0 Å². The average Bonchev–Trinajstić information content (AvgIpc) is 3.13. The number of morpholine rings is 1. The van der Waals surface area contributed by atoms with Gasteiger partial charge in [0.05, 0.1) is 23.0 Å². The largest absolute Gasteiger partial charge is 0.378 e. The zero-order valence-electron chi connectivity index (χ0n) is 18.6. The highest BCUT2D eigenvalue weighted by Crippen LogP contribution is 2.34. The molecule has 2 aliphatic rings. The number of thioether (sulfide) groups is 1. The molecule has 0 radical (unpaired) electrons. The summed E-state index contributed by atoms with van der Waals surface area (Å²) in [5, 5.41) is 10.2. The Bertz CT molecular complexity index is 1350. The van der Waals surface area contributed by atoms with Gasteiger partial charge in [-0.3, -0.25) is 29.4 Å². The molecule has 0 N–H and O–H groups in total. The minimum absolute atomic E-state index is 0.00133. The first kappa shape index (κ1) is 25.3. The summed E-state index contributed by atoms with van der Waals surface area (Å²) < 4.78 is 35.9. The van der Waals surface area contributed by atoms with Gasteiger partial charge in [0.1, 0.15) is 17.2 Å². The molecule has 0 spiro atoms. The fourth-order valence-corrected chi connectivity index (χ4v) is 5.19. The summed E-state index contributed by atoms with van der Waals surface area (Å²) in [6.45, 7) is 1.10. The van der Waals surface area contributed by atoms with E-state index in [4.69, 9.17) is 8.92 Å². The van der Waals surface area contributed by atoms with E-state index in [1.54, 1.807) is 6.07 Å². The van der Waals surface area contributed by atoms with Crippen LogP contribution >= 0.6 is 11.8 Å². The van der Waals surface area contributed by atoms with Gasteiger partial charge in [-0.2, -0.15) is 8.42 Å². The van der Waals surface area contributed by atoms with E-state index in [2.05, 4.69) is 0 Å². The van der Waals surface area contributed by atoms with E-state index in [9.17, 15) is 32.9 Å². The molecule has 0 atom stereocenters. The SMILES string of the molecule is O=C(CN1C(=O)S/C(=C\c2ccccc2OS(=O)(=O)c2ccc([N+](=O)[O-])cc2)C1=O)N1CCOCC1. The van der Waals surface area contributed by atoms with E-state index >= 15 is 0 Å². The summed E-state index contributed by atoms with van der Waals surface area (Å²) in [6.07, 6.45) is 1.31. The summed E-state index contributed by atoms with van der Waals surface area (Å²) in [5.41, 5.74) is -0.0785. The third kappa shape index (κ3) is 5.56. The van der Waals surface area contributed by atoms with Crippen molar-refractivity contribution in [2.45, 2.75) is 4.90 Å². The lowest BCUT2D eigenvalue weighted by Gasteiger charge is -2.28. The summed E-state index contributed by atoms with van der Waals surface area (Å²) in [7, 11) is -4.36.